The third-order valence-corrected chi connectivity index (χ3v) is 2.04. The Bertz CT molecular complexity index is 327. The fraction of sp³-hybridized carbons (Fsp3) is 0.400. The van der Waals surface area contributed by atoms with Crippen molar-refractivity contribution < 1.29 is 19.4 Å². The van der Waals surface area contributed by atoms with Gasteiger partial charge in [0.05, 0.1) is 7.11 Å². The highest BCUT2D eigenvalue weighted by molar-refractivity contribution is 6.03. The van der Waals surface area contributed by atoms with Crippen molar-refractivity contribution in [2.24, 2.45) is 0 Å². The SMILES string of the molecule is COC1=CC=CC(=O)[C@]1(O)CC(C)=O. The lowest BCUT2D eigenvalue weighted by Crippen LogP contribution is -2.43. The van der Waals surface area contributed by atoms with E-state index in [1.165, 1.54) is 32.3 Å². The lowest BCUT2D eigenvalue weighted by molar-refractivity contribution is -0.138. The van der Waals surface area contributed by atoms with Gasteiger partial charge in [-0.2, -0.15) is 0 Å². The summed E-state index contributed by atoms with van der Waals surface area (Å²) in [6.45, 7) is 1.32. The molecule has 4 nitrogen and oxygen atoms in total. The number of methoxy groups -OCH3 is 1. The highest BCUT2D eigenvalue weighted by Crippen LogP contribution is 2.26. The predicted octanol–water partition coefficient (Wildman–Crippen LogP) is 0.366. The van der Waals surface area contributed by atoms with Crippen LogP contribution >= 0.6 is 0 Å². The van der Waals surface area contributed by atoms with Crippen LogP contribution in [0.5, 0.6) is 0 Å². The van der Waals surface area contributed by atoms with Crippen LogP contribution < -0.4 is 0 Å². The molecule has 0 amide bonds. The fourth-order valence-electron chi connectivity index (χ4n) is 1.39. The van der Waals surface area contributed by atoms with Gasteiger partial charge in [-0.05, 0) is 19.1 Å². The Kier molecular flexibility index (Phi) is 2.86. The summed E-state index contributed by atoms with van der Waals surface area (Å²) >= 11 is 0. The highest BCUT2D eigenvalue weighted by atomic mass is 16.5. The van der Waals surface area contributed by atoms with Crippen molar-refractivity contribution in [1.29, 1.82) is 0 Å². The second-order valence-corrected chi connectivity index (χ2v) is 3.20. The van der Waals surface area contributed by atoms with Crippen LogP contribution in [0.3, 0.4) is 0 Å². The van der Waals surface area contributed by atoms with E-state index >= 15 is 0 Å². The van der Waals surface area contributed by atoms with E-state index in [-0.39, 0.29) is 18.0 Å². The molecule has 76 valence electrons. The minimum absolute atomic E-state index is 0.111. The van der Waals surface area contributed by atoms with Gasteiger partial charge in [0.15, 0.2) is 11.4 Å². The molecule has 0 radical (unpaired) electrons. The Morgan fingerprint density at radius 3 is 2.79 bits per heavy atom. The number of hydrogen-bond acceptors (Lipinski definition) is 4. The minimum atomic E-state index is -1.81. The first-order chi connectivity index (χ1) is 6.50. The topological polar surface area (TPSA) is 63.6 Å². The van der Waals surface area contributed by atoms with Crippen molar-refractivity contribution in [3.63, 3.8) is 0 Å². The van der Waals surface area contributed by atoms with Crippen LogP contribution in [0.2, 0.25) is 0 Å². The van der Waals surface area contributed by atoms with E-state index < -0.39 is 11.4 Å². The normalized spacial score (nSPS) is 25.9. The second kappa shape index (κ2) is 3.75. The lowest BCUT2D eigenvalue weighted by atomic mass is 9.87. The molecule has 0 aromatic carbocycles. The van der Waals surface area contributed by atoms with Gasteiger partial charge in [-0.25, -0.2) is 0 Å². The molecule has 0 fully saturated rings. The standard InChI is InChI=1S/C10H12O4/c1-7(11)6-10(13)8(12)4-3-5-9(10)14-2/h3-5,13H,6H2,1-2H3/t10-/m1/s1. The number of hydrogen-bond donors (Lipinski definition) is 1. The molecule has 0 saturated heterocycles. The zero-order chi connectivity index (χ0) is 10.8. The van der Waals surface area contributed by atoms with Crippen LogP contribution in [0.4, 0.5) is 0 Å². The quantitative estimate of drug-likeness (QED) is 0.708. The van der Waals surface area contributed by atoms with Crippen LogP contribution in [0.15, 0.2) is 24.0 Å². The molecule has 1 atom stereocenters. The van der Waals surface area contributed by atoms with E-state index in [4.69, 9.17) is 4.74 Å². The Morgan fingerprint density at radius 1 is 1.64 bits per heavy atom. The molecule has 14 heavy (non-hydrogen) atoms. The summed E-state index contributed by atoms with van der Waals surface area (Å²) < 4.78 is 4.86. The number of carbonyl (C=O) groups excluding carboxylic acids is 2. The van der Waals surface area contributed by atoms with E-state index in [1.54, 1.807) is 0 Å². The van der Waals surface area contributed by atoms with Crippen LogP contribution in [0, 0.1) is 0 Å². The van der Waals surface area contributed by atoms with Crippen molar-refractivity contribution in [2.75, 3.05) is 7.11 Å². The van der Waals surface area contributed by atoms with Gasteiger partial charge in [-0.3, -0.25) is 9.59 Å². The van der Waals surface area contributed by atoms with Gasteiger partial charge in [0.1, 0.15) is 11.5 Å². The molecule has 1 rings (SSSR count). The summed E-state index contributed by atoms with van der Waals surface area (Å²) in [5.41, 5.74) is -1.81. The molecule has 0 aromatic heterocycles. The summed E-state index contributed by atoms with van der Waals surface area (Å²) in [6, 6.07) is 0. The van der Waals surface area contributed by atoms with Crippen LogP contribution in [0.1, 0.15) is 13.3 Å². The number of aliphatic hydroxyl groups is 1. The number of Topliss-reactive ketones (excluding diaryl/α,β-unsaturated/α-hetero) is 1. The summed E-state index contributed by atoms with van der Waals surface area (Å²) in [6.07, 6.45) is 3.93. The number of ketones is 2. The van der Waals surface area contributed by atoms with Gasteiger partial charge in [-0.15, -0.1) is 0 Å². The molecule has 0 heterocycles. The zero-order valence-corrected chi connectivity index (χ0v) is 8.11. The van der Waals surface area contributed by atoms with E-state index in [0.29, 0.717) is 0 Å². The Balaban J connectivity index is 3.03. The highest BCUT2D eigenvalue weighted by Gasteiger charge is 2.42. The van der Waals surface area contributed by atoms with Gasteiger partial charge in [-0.1, -0.05) is 6.08 Å². The van der Waals surface area contributed by atoms with Crippen LogP contribution in [0.25, 0.3) is 0 Å². The Hall–Kier alpha value is -1.42. The molecular weight excluding hydrogens is 184 g/mol. The Morgan fingerprint density at radius 2 is 2.29 bits per heavy atom. The summed E-state index contributed by atoms with van der Waals surface area (Å²) in [7, 11) is 1.35. The van der Waals surface area contributed by atoms with Gasteiger partial charge < -0.3 is 9.84 Å². The van der Waals surface area contributed by atoms with Crippen molar-refractivity contribution in [1.82, 2.24) is 0 Å². The molecule has 4 heteroatoms. The van der Waals surface area contributed by atoms with Crippen molar-refractivity contribution in [3.05, 3.63) is 24.0 Å². The summed E-state index contributed by atoms with van der Waals surface area (Å²) in [4.78, 5) is 22.3. The molecule has 1 N–H and O–H groups in total. The maximum Gasteiger partial charge on any atom is 0.195 e. The lowest BCUT2D eigenvalue weighted by Gasteiger charge is -2.27. The maximum atomic E-state index is 11.4. The minimum Gasteiger partial charge on any atom is -0.498 e. The van der Waals surface area contributed by atoms with Gasteiger partial charge in [0.25, 0.3) is 0 Å². The first kappa shape index (κ1) is 10.7. The zero-order valence-electron chi connectivity index (χ0n) is 8.11. The molecule has 0 unspecified atom stereocenters. The number of rotatable bonds is 3. The first-order valence-corrected chi connectivity index (χ1v) is 4.20. The largest absolute Gasteiger partial charge is 0.498 e. The van der Waals surface area contributed by atoms with Gasteiger partial charge in [0, 0.05) is 6.42 Å². The molecule has 0 aliphatic heterocycles. The molecule has 1 aliphatic carbocycles. The number of allylic oxidation sites excluding steroid dienone is 2. The second-order valence-electron chi connectivity index (χ2n) is 3.20. The predicted molar refractivity (Wildman–Crippen MR) is 49.5 cm³/mol. The monoisotopic (exact) mass is 196 g/mol. The first-order valence-electron chi connectivity index (χ1n) is 4.20. The molecule has 0 aromatic rings. The maximum absolute atomic E-state index is 11.4. The summed E-state index contributed by atoms with van der Waals surface area (Å²) in [5.74, 6) is -0.675. The third-order valence-electron chi connectivity index (χ3n) is 2.04. The molecular formula is C10H12O4. The molecule has 0 saturated carbocycles. The average Bonchev–Trinajstić information content (AvgIpc) is 2.08. The van der Waals surface area contributed by atoms with E-state index in [9.17, 15) is 14.7 Å². The number of carbonyl (C=O) groups is 2. The van der Waals surface area contributed by atoms with Crippen molar-refractivity contribution >= 4 is 11.6 Å². The molecule has 1 aliphatic rings. The van der Waals surface area contributed by atoms with Gasteiger partial charge in [0.2, 0.25) is 0 Å². The molecule has 0 bridgehead atoms. The van der Waals surface area contributed by atoms with E-state index in [1.807, 2.05) is 0 Å². The van der Waals surface area contributed by atoms with E-state index in [0.717, 1.165) is 0 Å². The van der Waals surface area contributed by atoms with Gasteiger partial charge >= 0.3 is 0 Å². The smallest absolute Gasteiger partial charge is 0.195 e. The average molecular weight is 196 g/mol. The fourth-order valence-corrected chi connectivity index (χ4v) is 1.39. The van der Waals surface area contributed by atoms with Crippen molar-refractivity contribution in [3.8, 4) is 0 Å². The van der Waals surface area contributed by atoms with Crippen LogP contribution in [-0.4, -0.2) is 29.4 Å². The summed E-state index contributed by atoms with van der Waals surface area (Å²) in [5, 5.41) is 9.96. The third kappa shape index (κ3) is 1.75. The van der Waals surface area contributed by atoms with Crippen molar-refractivity contribution in [2.45, 2.75) is 18.9 Å². The molecule has 0 spiro atoms. The Labute approximate surface area is 81.9 Å². The number of ether oxygens (including phenoxy) is 1. The van der Waals surface area contributed by atoms with Crippen LogP contribution in [-0.2, 0) is 14.3 Å². The van der Waals surface area contributed by atoms with E-state index in [2.05, 4.69) is 0 Å².